The minimum atomic E-state index is -0.198. The molecule has 0 fully saturated rings. The fraction of sp³-hybridized carbons (Fsp3) is 0.231. The average Bonchev–Trinajstić information content (AvgIpc) is 2.72. The number of nitrogens with one attached hydrogen (secondary N) is 1. The van der Waals surface area contributed by atoms with Crippen LogP contribution < -0.4 is 10.1 Å². The number of ketones is 1. The number of amides is 1. The molecule has 154 valence electrons. The van der Waals surface area contributed by atoms with E-state index >= 15 is 0 Å². The van der Waals surface area contributed by atoms with Gasteiger partial charge in [-0.15, -0.1) is 0 Å². The number of benzene rings is 3. The third kappa shape index (κ3) is 5.57. The zero-order valence-corrected chi connectivity index (χ0v) is 17.9. The van der Waals surface area contributed by atoms with Crippen molar-refractivity contribution < 1.29 is 14.3 Å². The quantitative estimate of drug-likeness (QED) is 0.514. The Kier molecular flexibility index (Phi) is 6.36. The molecule has 3 aromatic carbocycles. The first-order chi connectivity index (χ1) is 14.2. The largest absolute Gasteiger partial charge is 0.489 e. The van der Waals surface area contributed by atoms with E-state index in [1.165, 1.54) is 12.5 Å². The first-order valence-electron chi connectivity index (χ1n) is 9.97. The minimum Gasteiger partial charge on any atom is -0.489 e. The van der Waals surface area contributed by atoms with E-state index in [0.717, 1.165) is 11.3 Å². The number of hydrogen-bond acceptors (Lipinski definition) is 3. The van der Waals surface area contributed by atoms with Crippen molar-refractivity contribution in [3.8, 4) is 5.75 Å². The third-order valence-corrected chi connectivity index (χ3v) is 4.89. The molecule has 0 saturated heterocycles. The molecule has 0 aliphatic rings. The van der Waals surface area contributed by atoms with Crippen molar-refractivity contribution in [2.45, 2.75) is 39.7 Å². The van der Waals surface area contributed by atoms with Gasteiger partial charge in [0.15, 0.2) is 5.78 Å². The standard InChI is InChI=1S/C26H27NO3/c1-18(28)20-9-13-23(14-10-20)27-25(29)21-7-5-19(6-8-21)17-30-24-15-11-22(12-16-24)26(2,3)4/h5-16H,17H2,1-4H3,(H,27,29). The van der Waals surface area contributed by atoms with Crippen LogP contribution in [0.25, 0.3) is 0 Å². The predicted molar refractivity (Wildman–Crippen MR) is 120 cm³/mol. The molecule has 3 aromatic rings. The molecule has 1 N–H and O–H groups in total. The molecule has 0 saturated carbocycles. The smallest absolute Gasteiger partial charge is 0.255 e. The predicted octanol–water partition coefficient (Wildman–Crippen LogP) is 6.02. The first-order valence-corrected chi connectivity index (χ1v) is 9.97. The van der Waals surface area contributed by atoms with E-state index in [4.69, 9.17) is 4.74 Å². The lowest BCUT2D eigenvalue weighted by molar-refractivity contribution is 0.101. The summed E-state index contributed by atoms with van der Waals surface area (Å²) in [4.78, 5) is 23.8. The normalized spacial score (nSPS) is 11.1. The van der Waals surface area contributed by atoms with Gasteiger partial charge < -0.3 is 10.1 Å². The van der Waals surface area contributed by atoms with Gasteiger partial charge in [0.1, 0.15) is 12.4 Å². The van der Waals surface area contributed by atoms with E-state index in [2.05, 4.69) is 38.2 Å². The molecule has 4 heteroatoms. The maximum atomic E-state index is 12.4. The summed E-state index contributed by atoms with van der Waals surface area (Å²) in [6.07, 6.45) is 0. The van der Waals surface area contributed by atoms with Crippen LogP contribution in [-0.4, -0.2) is 11.7 Å². The molecule has 3 rings (SSSR count). The van der Waals surface area contributed by atoms with Gasteiger partial charge in [0, 0.05) is 16.8 Å². The van der Waals surface area contributed by atoms with Gasteiger partial charge >= 0.3 is 0 Å². The highest BCUT2D eigenvalue weighted by molar-refractivity contribution is 6.04. The summed E-state index contributed by atoms with van der Waals surface area (Å²) < 4.78 is 5.86. The molecule has 0 atom stereocenters. The topological polar surface area (TPSA) is 55.4 Å². The van der Waals surface area contributed by atoms with Crippen LogP contribution in [0.15, 0.2) is 72.8 Å². The second-order valence-corrected chi connectivity index (χ2v) is 8.35. The lowest BCUT2D eigenvalue weighted by atomic mass is 9.87. The first kappa shape index (κ1) is 21.3. The Bertz CT molecular complexity index is 1010. The van der Waals surface area contributed by atoms with Gasteiger partial charge in [0.25, 0.3) is 5.91 Å². The van der Waals surface area contributed by atoms with Crippen molar-refractivity contribution in [3.05, 3.63) is 95.1 Å². The van der Waals surface area contributed by atoms with Crippen molar-refractivity contribution in [2.24, 2.45) is 0 Å². The average molecular weight is 402 g/mol. The lowest BCUT2D eigenvalue weighted by Crippen LogP contribution is -2.12. The summed E-state index contributed by atoms with van der Waals surface area (Å²) in [5, 5.41) is 2.84. The lowest BCUT2D eigenvalue weighted by Gasteiger charge is -2.19. The minimum absolute atomic E-state index is 0.00386. The van der Waals surface area contributed by atoms with Gasteiger partial charge in [-0.3, -0.25) is 9.59 Å². The third-order valence-electron chi connectivity index (χ3n) is 4.89. The molecule has 0 aliphatic heterocycles. The second-order valence-electron chi connectivity index (χ2n) is 8.35. The summed E-state index contributed by atoms with van der Waals surface area (Å²) in [6, 6.07) is 22.3. The molecule has 0 unspecified atom stereocenters. The SMILES string of the molecule is CC(=O)c1ccc(NC(=O)c2ccc(COc3ccc(C(C)(C)C)cc3)cc2)cc1. The highest BCUT2D eigenvalue weighted by atomic mass is 16.5. The number of Topliss-reactive ketones (excluding diaryl/α,β-unsaturated/α-hetero) is 1. The molecule has 30 heavy (non-hydrogen) atoms. The number of anilines is 1. The van der Waals surface area contributed by atoms with E-state index < -0.39 is 0 Å². The van der Waals surface area contributed by atoms with Gasteiger partial charge in [0.2, 0.25) is 0 Å². The Morgan fingerprint density at radius 1 is 0.800 bits per heavy atom. The van der Waals surface area contributed by atoms with Crippen LogP contribution in [0.5, 0.6) is 5.75 Å². The van der Waals surface area contributed by atoms with Gasteiger partial charge in [-0.25, -0.2) is 0 Å². The Balaban J connectivity index is 1.56. The maximum absolute atomic E-state index is 12.4. The number of carbonyl (C=O) groups is 2. The highest BCUT2D eigenvalue weighted by Gasteiger charge is 2.13. The summed E-state index contributed by atoms with van der Waals surface area (Å²) in [7, 11) is 0. The summed E-state index contributed by atoms with van der Waals surface area (Å²) in [5.41, 5.74) is 4.19. The van der Waals surface area contributed by atoms with E-state index in [0.29, 0.717) is 23.4 Å². The maximum Gasteiger partial charge on any atom is 0.255 e. The van der Waals surface area contributed by atoms with E-state index in [1.54, 1.807) is 36.4 Å². The van der Waals surface area contributed by atoms with E-state index in [-0.39, 0.29) is 17.1 Å². The molecule has 4 nitrogen and oxygen atoms in total. The molecule has 0 radical (unpaired) electrons. The monoisotopic (exact) mass is 401 g/mol. The molecule has 0 bridgehead atoms. The number of hydrogen-bond donors (Lipinski definition) is 1. The van der Waals surface area contributed by atoms with Crippen molar-refractivity contribution in [1.29, 1.82) is 0 Å². The highest BCUT2D eigenvalue weighted by Crippen LogP contribution is 2.24. The summed E-state index contributed by atoms with van der Waals surface area (Å²) in [5.74, 6) is 0.616. The van der Waals surface area contributed by atoms with Crippen molar-refractivity contribution in [3.63, 3.8) is 0 Å². The van der Waals surface area contributed by atoms with E-state index in [9.17, 15) is 9.59 Å². The van der Waals surface area contributed by atoms with Crippen LogP contribution in [0.2, 0.25) is 0 Å². The number of rotatable bonds is 6. The Labute approximate surface area is 177 Å². The second kappa shape index (κ2) is 8.95. The number of carbonyl (C=O) groups excluding carboxylic acids is 2. The van der Waals surface area contributed by atoms with Gasteiger partial charge in [-0.05, 0) is 72.0 Å². The van der Waals surface area contributed by atoms with Crippen LogP contribution in [0.3, 0.4) is 0 Å². The molecule has 0 aromatic heterocycles. The fourth-order valence-corrected chi connectivity index (χ4v) is 2.96. The van der Waals surface area contributed by atoms with Crippen LogP contribution in [0.1, 0.15) is 59.5 Å². The zero-order chi connectivity index (χ0) is 21.7. The molecule has 1 amide bonds. The molecular weight excluding hydrogens is 374 g/mol. The Morgan fingerprint density at radius 3 is 1.90 bits per heavy atom. The molecule has 0 heterocycles. The van der Waals surface area contributed by atoms with Gasteiger partial charge in [0.05, 0.1) is 0 Å². The summed E-state index contributed by atoms with van der Waals surface area (Å²) >= 11 is 0. The van der Waals surface area contributed by atoms with Crippen LogP contribution in [0.4, 0.5) is 5.69 Å². The zero-order valence-electron chi connectivity index (χ0n) is 17.9. The van der Waals surface area contributed by atoms with Crippen LogP contribution in [0, 0.1) is 0 Å². The summed E-state index contributed by atoms with van der Waals surface area (Å²) in [6.45, 7) is 8.49. The molecule has 0 spiro atoms. The van der Waals surface area contributed by atoms with Crippen molar-refractivity contribution >= 4 is 17.4 Å². The van der Waals surface area contributed by atoms with Crippen molar-refractivity contribution in [2.75, 3.05) is 5.32 Å². The molecule has 0 aliphatic carbocycles. The molecular formula is C26H27NO3. The van der Waals surface area contributed by atoms with Gasteiger partial charge in [-0.2, -0.15) is 0 Å². The van der Waals surface area contributed by atoms with Crippen molar-refractivity contribution in [1.82, 2.24) is 0 Å². The van der Waals surface area contributed by atoms with Crippen LogP contribution in [-0.2, 0) is 12.0 Å². The fourth-order valence-electron chi connectivity index (χ4n) is 2.96. The van der Waals surface area contributed by atoms with Gasteiger partial charge in [-0.1, -0.05) is 45.0 Å². The number of ether oxygens (including phenoxy) is 1. The van der Waals surface area contributed by atoms with Crippen LogP contribution >= 0.6 is 0 Å². The Hall–Kier alpha value is -3.40. The van der Waals surface area contributed by atoms with E-state index in [1.807, 2.05) is 24.3 Å². The Morgan fingerprint density at radius 2 is 1.37 bits per heavy atom.